The van der Waals surface area contributed by atoms with Crippen molar-refractivity contribution in [3.05, 3.63) is 46.4 Å². The van der Waals surface area contributed by atoms with Crippen LogP contribution in [0.2, 0.25) is 0 Å². The highest BCUT2D eigenvalue weighted by molar-refractivity contribution is 8.26. The van der Waals surface area contributed by atoms with Crippen LogP contribution in [0.3, 0.4) is 0 Å². The molecule has 1 saturated heterocycles. The van der Waals surface area contributed by atoms with E-state index in [4.69, 9.17) is 28.9 Å². The van der Waals surface area contributed by atoms with Gasteiger partial charge < -0.3 is 5.11 Å². The molecule has 2 unspecified atom stereocenters. The van der Waals surface area contributed by atoms with Gasteiger partial charge in [0.1, 0.15) is 9.49 Å². The van der Waals surface area contributed by atoms with Gasteiger partial charge in [0.15, 0.2) is 0 Å². The third-order valence-electron chi connectivity index (χ3n) is 4.21. The summed E-state index contributed by atoms with van der Waals surface area (Å²) < 4.78 is 0.435. The Balaban J connectivity index is 1.76. The summed E-state index contributed by atoms with van der Waals surface area (Å²) in [5.74, 6) is -0.983. The number of dihydropyridines is 1. The first-order valence-corrected chi connectivity index (χ1v) is 9.74. The summed E-state index contributed by atoms with van der Waals surface area (Å²) >= 11 is 12.8. The van der Waals surface area contributed by atoms with Gasteiger partial charge >= 0.3 is 5.97 Å². The Kier molecular flexibility index (Phi) is 5.79. The number of nitrogens with zero attached hydrogens (tertiary/aromatic N) is 2. The van der Waals surface area contributed by atoms with Crippen LogP contribution in [0, 0.1) is 5.92 Å². The predicted octanol–water partition coefficient (Wildman–Crippen LogP) is 3.67. The van der Waals surface area contributed by atoms with Crippen molar-refractivity contribution in [3.8, 4) is 0 Å². The van der Waals surface area contributed by atoms with E-state index in [1.54, 1.807) is 6.08 Å². The molecule has 8 heteroatoms. The molecular formula is C18H17ClN2O3S2. The smallest absolute Gasteiger partial charge is 0.303 e. The molecule has 0 saturated carbocycles. The second kappa shape index (κ2) is 7.90. The van der Waals surface area contributed by atoms with Crippen LogP contribution in [0.15, 0.2) is 51.4 Å². The molecule has 26 heavy (non-hydrogen) atoms. The number of carboxylic acids is 1. The minimum atomic E-state index is -0.888. The highest BCUT2D eigenvalue weighted by Crippen LogP contribution is 2.34. The lowest BCUT2D eigenvalue weighted by Gasteiger charge is -2.24. The number of carbonyl (C=O) groups is 2. The Bertz CT molecular complexity index is 826. The molecule has 1 N–H and O–H groups in total. The van der Waals surface area contributed by atoms with Crippen molar-refractivity contribution in [3.63, 3.8) is 0 Å². The van der Waals surface area contributed by atoms with Gasteiger partial charge in [-0.2, -0.15) is 0 Å². The number of carbonyl (C=O) groups excluding carboxylic acids is 1. The molecule has 1 amide bonds. The van der Waals surface area contributed by atoms with Crippen LogP contribution in [0.25, 0.3) is 0 Å². The van der Waals surface area contributed by atoms with Gasteiger partial charge in [-0.15, -0.1) is 0 Å². The van der Waals surface area contributed by atoms with E-state index in [0.717, 1.165) is 0 Å². The standard InChI is InChI=1S/C18H17ClN2O3S2/c1-10-4-5-13-11(7-10)8-12(16(19)20-13)9-14-17(24)21(18(25)26-14)6-2-3-15(22)23/h4-5,7-9,11,13H,2-3,6H2,1H3,(H,22,23)/b14-9-. The average molecular weight is 409 g/mol. The summed E-state index contributed by atoms with van der Waals surface area (Å²) in [6, 6.07) is -0.00567. The topological polar surface area (TPSA) is 70.0 Å². The molecule has 136 valence electrons. The van der Waals surface area contributed by atoms with Crippen LogP contribution >= 0.6 is 35.6 Å². The van der Waals surface area contributed by atoms with Gasteiger partial charge in [-0.25, -0.2) is 0 Å². The van der Waals surface area contributed by atoms with Crippen LogP contribution in [0.5, 0.6) is 0 Å². The molecule has 0 spiro atoms. The third kappa shape index (κ3) is 4.16. The van der Waals surface area contributed by atoms with Gasteiger partial charge in [-0.05, 0) is 19.4 Å². The van der Waals surface area contributed by atoms with E-state index in [1.165, 1.54) is 22.2 Å². The van der Waals surface area contributed by atoms with E-state index < -0.39 is 5.97 Å². The Hall–Kier alpha value is -1.70. The second-order valence-electron chi connectivity index (χ2n) is 6.21. The molecule has 2 aliphatic heterocycles. The van der Waals surface area contributed by atoms with Crippen molar-refractivity contribution < 1.29 is 14.7 Å². The molecule has 0 aromatic rings. The quantitative estimate of drug-likeness (QED) is 0.555. The van der Waals surface area contributed by atoms with Crippen molar-refractivity contribution in [2.24, 2.45) is 10.9 Å². The van der Waals surface area contributed by atoms with Crippen molar-refractivity contribution >= 4 is 56.9 Å². The number of fused-ring (bicyclic) bond motifs is 1. The zero-order chi connectivity index (χ0) is 18.8. The predicted molar refractivity (Wildman–Crippen MR) is 108 cm³/mol. The largest absolute Gasteiger partial charge is 0.481 e. The maximum atomic E-state index is 12.6. The fourth-order valence-electron chi connectivity index (χ4n) is 2.92. The van der Waals surface area contributed by atoms with Crippen molar-refractivity contribution in [1.82, 2.24) is 4.90 Å². The maximum absolute atomic E-state index is 12.6. The molecule has 0 radical (unpaired) electrons. The van der Waals surface area contributed by atoms with Gasteiger partial charge in [-0.3, -0.25) is 19.5 Å². The minimum Gasteiger partial charge on any atom is -0.481 e. The third-order valence-corrected chi connectivity index (χ3v) is 5.90. The molecule has 3 rings (SSSR count). The molecule has 0 aromatic carbocycles. The fourth-order valence-corrected chi connectivity index (χ4v) is 4.45. The number of amides is 1. The highest BCUT2D eigenvalue weighted by Gasteiger charge is 2.33. The van der Waals surface area contributed by atoms with Gasteiger partial charge in [0.05, 0.1) is 10.9 Å². The number of carboxylic acid groups (broad SMARTS) is 1. The lowest BCUT2D eigenvalue weighted by atomic mass is 9.88. The SMILES string of the molecule is CC1=CC2C=C(/C=C3\SC(=S)N(CCCC(=O)O)C3=O)C(Cl)=NC2C=C1. The van der Waals surface area contributed by atoms with Crippen LogP contribution in [0.1, 0.15) is 19.8 Å². The number of thioether (sulfide) groups is 1. The Morgan fingerprint density at radius 2 is 2.27 bits per heavy atom. The Morgan fingerprint density at radius 3 is 3.00 bits per heavy atom. The zero-order valence-corrected chi connectivity index (χ0v) is 16.4. The van der Waals surface area contributed by atoms with Crippen LogP contribution in [-0.2, 0) is 9.59 Å². The lowest BCUT2D eigenvalue weighted by molar-refractivity contribution is -0.137. The van der Waals surface area contributed by atoms with Gasteiger partial charge in [0.25, 0.3) is 5.91 Å². The first kappa shape index (κ1) is 19.1. The van der Waals surface area contributed by atoms with Crippen LogP contribution in [0.4, 0.5) is 0 Å². The summed E-state index contributed by atoms with van der Waals surface area (Å²) in [4.78, 5) is 29.6. The van der Waals surface area contributed by atoms with E-state index in [-0.39, 0.29) is 24.3 Å². The first-order valence-electron chi connectivity index (χ1n) is 8.14. The number of halogens is 1. The molecule has 3 aliphatic rings. The van der Waals surface area contributed by atoms with E-state index in [9.17, 15) is 9.59 Å². The summed E-state index contributed by atoms with van der Waals surface area (Å²) in [5, 5.41) is 9.11. The number of hydrogen-bond donors (Lipinski definition) is 1. The first-order chi connectivity index (χ1) is 12.3. The Labute approximate surface area is 166 Å². The van der Waals surface area contributed by atoms with Crippen LogP contribution < -0.4 is 0 Å². The number of thiocarbonyl (C=S) groups is 1. The van der Waals surface area contributed by atoms with Crippen molar-refractivity contribution in [1.29, 1.82) is 0 Å². The van der Waals surface area contributed by atoms with E-state index in [0.29, 0.717) is 32.9 Å². The van der Waals surface area contributed by atoms with Gasteiger partial charge in [0.2, 0.25) is 0 Å². The number of rotatable bonds is 5. The molecule has 0 bridgehead atoms. The molecule has 2 atom stereocenters. The van der Waals surface area contributed by atoms with Crippen LogP contribution in [-0.4, -0.2) is 44.0 Å². The van der Waals surface area contributed by atoms with Crippen molar-refractivity contribution in [2.45, 2.75) is 25.8 Å². The summed E-state index contributed by atoms with van der Waals surface area (Å²) in [6.07, 6.45) is 10.3. The summed E-state index contributed by atoms with van der Waals surface area (Å²) in [7, 11) is 0. The number of aliphatic imine (C=N–C) groups is 1. The number of hydrogen-bond acceptors (Lipinski definition) is 5. The van der Waals surface area contributed by atoms with E-state index in [1.807, 2.05) is 25.2 Å². The summed E-state index contributed by atoms with van der Waals surface area (Å²) in [6.45, 7) is 2.33. The molecule has 1 fully saturated rings. The van der Waals surface area contributed by atoms with Gasteiger partial charge in [0, 0.05) is 24.5 Å². The molecule has 5 nitrogen and oxygen atoms in total. The monoisotopic (exact) mass is 408 g/mol. The Morgan fingerprint density at radius 1 is 1.50 bits per heavy atom. The average Bonchev–Trinajstić information content (AvgIpc) is 2.83. The number of aliphatic carboxylic acids is 1. The van der Waals surface area contributed by atoms with Gasteiger partial charge in [-0.1, -0.05) is 65.5 Å². The van der Waals surface area contributed by atoms with E-state index >= 15 is 0 Å². The minimum absolute atomic E-state index is 0.00200. The molecule has 0 aromatic heterocycles. The summed E-state index contributed by atoms with van der Waals surface area (Å²) in [5.41, 5.74) is 1.87. The lowest BCUT2D eigenvalue weighted by Crippen LogP contribution is -2.29. The highest BCUT2D eigenvalue weighted by atomic mass is 35.5. The molecular weight excluding hydrogens is 392 g/mol. The fraction of sp³-hybridized carbons (Fsp3) is 0.333. The van der Waals surface area contributed by atoms with E-state index in [2.05, 4.69) is 11.1 Å². The van der Waals surface area contributed by atoms with Crippen molar-refractivity contribution in [2.75, 3.05) is 6.54 Å². The molecule has 2 heterocycles. The second-order valence-corrected chi connectivity index (χ2v) is 8.24. The normalized spacial score (nSPS) is 26.6. The zero-order valence-electron chi connectivity index (χ0n) is 14.0. The molecule has 1 aliphatic carbocycles. The maximum Gasteiger partial charge on any atom is 0.303 e. The number of allylic oxidation sites excluding steroid dienone is 4.